The zero-order chi connectivity index (χ0) is 18.0. The first-order chi connectivity index (χ1) is 12.0. The summed E-state index contributed by atoms with van der Waals surface area (Å²) in [5.74, 6) is -0.906. The van der Waals surface area contributed by atoms with E-state index in [9.17, 15) is 13.2 Å². The van der Waals surface area contributed by atoms with Crippen molar-refractivity contribution in [2.24, 2.45) is 0 Å². The predicted molar refractivity (Wildman–Crippen MR) is 103 cm³/mol. The van der Waals surface area contributed by atoms with Gasteiger partial charge in [0.25, 0.3) is 0 Å². The molecule has 0 saturated carbocycles. The minimum atomic E-state index is -2.33. The number of benzene rings is 2. The molecule has 0 amide bonds. The van der Waals surface area contributed by atoms with Gasteiger partial charge in [-0.1, -0.05) is 35.3 Å². The molecule has 7 heteroatoms. The summed E-state index contributed by atoms with van der Waals surface area (Å²) >= 11 is 4.59. The molecule has 0 spiro atoms. The zero-order valence-electron chi connectivity index (χ0n) is 12.7. The van der Waals surface area contributed by atoms with Crippen molar-refractivity contribution in [2.45, 2.75) is 5.75 Å². The van der Waals surface area contributed by atoms with Crippen LogP contribution in [0.25, 0.3) is 22.4 Å². The lowest BCUT2D eigenvalue weighted by Gasteiger charge is -2.12. The number of halogens is 3. The summed E-state index contributed by atoms with van der Waals surface area (Å²) in [5, 5.41) is 0. The molecule has 1 aromatic heterocycles. The lowest BCUT2D eigenvalue weighted by Crippen LogP contribution is -1.98. The molecule has 0 saturated heterocycles. The normalized spacial score (nSPS) is 12.2. The van der Waals surface area contributed by atoms with Crippen molar-refractivity contribution in [2.75, 3.05) is 0 Å². The molecular weight excluding hydrogens is 473 g/mol. The second-order valence-corrected chi connectivity index (χ2v) is 7.89. The van der Waals surface area contributed by atoms with Crippen LogP contribution in [0.15, 0.2) is 63.7 Å². The van der Waals surface area contributed by atoms with Gasteiger partial charge >= 0.3 is 0 Å². The quantitative estimate of drug-likeness (QED) is 0.463. The van der Waals surface area contributed by atoms with Crippen molar-refractivity contribution in [1.29, 1.82) is 0 Å². The van der Waals surface area contributed by atoms with Crippen LogP contribution in [-0.2, 0) is 16.8 Å². The molecule has 1 atom stereocenters. The van der Waals surface area contributed by atoms with Crippen molar-refractivity contribution < 1.29 is 13.2 Å². The molecule has 0 aliphatic carbocycles. The summed E-state index contributed by atoms with van der Waals surface area (Å²) in [6.07, 6.45) is 1.64. The van der Waals surface area contributed by atoms with Gasteiger partial charge in [-0.05, 0) is 67.3 Å². The highest BCUT2D eigenvalue weighted by Gasteiger charge is 2.12. The number of pyridine rings is 1. The molecule has 0 N–H and O–H groups in total. The Labute approximate surface area is 163 Å². The van der Waals surface area contributed by atoms with Crippen LogP contribution in [0.5, 0.6) is 0 Å². The van der Waals surface area contributed by atoms with Gasteiger partial charge < -0.3 is 4.55 Å². The highest BCUT2D eigenvalue weighted by atomic mass is 79.9. The summed E-state index contributed by atoms with van der Waals surface area (Å²) in [7, 11) is 0. The summed E-state index contributed by atoms with van der Waals surface area (Å²) < 4.78 is 37.6. The first-order valence-corrected chi connectivity index (χ1v) is 10.0. The van der Waals surface area contributed by atoms with Crippen LogP contribution in [0.3, 0.4) is 0 Å². The SMILES string of the molecule is O=S([O-])Cc1ccc(-c2ncccc2-c2ccc(Br)c(Br)c2)cc1F. The van der Waals surface area contributed by atoms with E-state index in [0.717, 1.165) is 20.1 Å². The Morgan fingerprint density at radius 3 is 2.48 bits per heavy atom. The summed E-state index contributed by atoms with van der Waals surface area (Å²) in [6.45, 7) is 0. The molecule has 0 aliphatic rings. The summed E-state index contributed by atoms with van der Waals surface area (Å²) in [4.78, 5) is 4.39. The van der Waals surface area contributed by atoms with Crippen molar-refractivity contribution >= 4 is 42.9 Å². The van der Waals surface area contributed by atoms with Gasteiger partial charge in [-0.2, -0.15) is 0 Å². The van der Waals surface area contributed by atoms with Crippen LogP contribution in [-0.4, -0.2) is 13.7 Å². The lowest BCUT2D eigenvalue weighted by atomic mass is 9.99. The third kappa shape index (κ3) is 4.23. The number of hydrogen-bond acceptors (Lipinski definition) is 3. The maximum Gasteiger partial charge on any atom is 0.127 e. The van der Waals surface area contributed by atoms with Gasteiger partial charge in [0, 0.05) is 32.0 Å². The molecule has 128 valence electrons. The van der Waals surface area contributed by atoms with Crippen molar-refractivity contribution in [3.8, 4) is 22.4 Å². The highest BCUT2D eigenvalue weighted by Crippen LogP contribution is 2.34. The van der Waals surface area contributed by atoms with E-state index in [1.807, 2.05) is 30.3 Å². The van der Waals surface area contributed by atoms with Crippen LogP contribution in [0.1, 0.15) is 5.56 Å². The van der Waals surface area contributed by atoms with Crippen molar-refractivity contribution in [3.05, 3.63) is 75.1 Å². The lowest BCUT2D eigenvalue weighted by molar-refractivity contribution is 0.533. The molecule has 0 bridgehead atoms. The van der Waals surface area contributed by atoms with Crippen LogP contribution in [0.2, 0.25) is 0 Å². The molecular formula is C18H11Br2FNO2S-. The van der Waals surface area contributed by atoms with E-state index in [1.165, 1.54) is 12.1 Å². The molecule has 2 aromatic carbocycles. The average Bonchev–Trinajstić information content (AvgIpc) is 2.59. The van der Waals surface area contributed by atoms with E-state index >= 15 is 0 Å². The maximum atomic E-state index is 14.2. The smallest absolute Gasteiger partial charge is 0.127 e. The topological polar surface area (TPSA) is 53.0 Å². The number of rotatable bonds is 4. The Hall–Kier alpha value is -1.41. The first kappa shape index (κ1) is 18.4. The fourth-order valence-electron chi connectivity index (χ4n) is 2.47. The van der Waals surface area contributed by atoms with Crippen LogP contribution in [0, 0.1) is 5.82 Å². The minimum absolute atomic E-state index is 0.140. The summed E-state index contributed by atoms with van der Waals surface area (Å²) in [5.41, 5.74) is 3.15. The Kier molecular flexibility index (Phi) is 5.78. The van der Waals surface area contributed by atoms with Crippen LogP contribution < -0.4 is 0 Å². The molecule has 0 fully saturated rings. The summed E-state index contributed by atoms with van der Waals surface area (Å²) in [6, 6.07) is 14.0. The molecule has 1 unspecified atom stereocenters. The minimum Gasteiger partial charge on any atom is -0.772 e. The van der Waals surface area contributed by atoms with Gasteiger partial charge in [0.15, 0.2) is 0 Å². The number of hydrogen-bond donors (Lipinski definition) is 0. The van der Waals surface area contributed by atoms with E-state index in [2.05, 4.69) is 36.8 Å². The van der Waals surface area contributed by atoms with E-state index < -0.39 is 16.9 Å². The zero-order valence-corrected chi connectivity index (χ0v) is 16.7. The molecule has 25 heavy (non-hydrogen) atoms. The van der Waals surface area contributed by atoms with Gasteiger partial charge in [0.05, 0.1) is 5.69 Å². The molecule has 1 heterocycles. The largest absolute Gasteiger partial charge is 0.772 e. The van der Waals surface area contributed by atoms with Crippen molar-refractivity contribution in [1.82, 2.24) is 4.98 Å². The number of nitrogens with zero attached hydrogens (tertiary/aromatic N) is 1. The number of aromatic nitrogens is 1. The van der Waals surface area contributed by atoms with Gasteiger partial charge in [-0.15, -0.1) is 0 Å². The molecule has 0 radical (unpaired) electrons. The average molecular weight is 484 g/mol. The predicted octanol–water partition coefficient (Wildman–Crippen LogP) is 5.46. The maximum absolute atomic E-state index is 14.2. The highest BCUT2D eigenvalue weighted by molar-refractivity contribution is 9.13. The van der Waals surface area contributed by atoms with Crippen LogP contribution >= 0.6 is 31.9 Å². The van der Waals surface area contributed by atoms with E-state index in [-0.39, 0.29) is 11.3 Å². The Balaban J connectivity index is 2.08. The Morgan fingerprint density at radius 1 is 1.04 bits per heavy atom. The fourth-order valence-corrected chi connectivity index (χ4v) is 3.58. The van der Waals surface area contributed by atoms with E-state index in [4.69, 9.17) is 0 Å². The monoisotopic (exact) mass is 482 g/mol. The standard InChI is InChI=1S/C18H12Br2FNO2S/c19-15-6-5-11(8-16(15)20)14-2-1-7-22-18(14)12-3-4-13(10-25(23)24)17(21)9-12/h1-9H,10H2,(H,23,24)/p-1. The second kappa shape index (κ2) is 7.86. The van der Waals surface area contributed by atoms with Crippen molar-refractivity contribution in [3.63, 3.8) is 0 Å². The molecule has 3 rings (SSSR count). The first-order valence-electron chi connectivity index (χ1n) is 7.21. The third-order valence-corrected chi connectivity index (χ3v) is 6.06. The molecule has 3 aromatic rings. The Bertz CT molecular complexity index is 966. The van der Waals surface area contributed by atoms with Gasteiger partial charge in [0.2, 0.25) is 0 Å². The third-order valence-electron chi connectivity index (χ3n) is 3.64. The van der Waals surface area contributed by atoms with E-state index in [0.29, 0.717) is 11.3 Å². The second-order valence-electron chi connectivity index (χ2n) is 5.28. The fraction of sp³-hybridized carbons (Fsp3) is 0.0556. The van der Waals surface area contributed by atoms with Crippen LogP contribution in [0.4, 0.5) is 4.39 Å². The van der Waals surface area contributed by atoms with Gasteiger partial charge in [-0.25, -0.2) is 4.39 Å². The molecule has 0 aliphatic heterocycles. The van der Waals surface area contributed by atoms with E-state index in [1.54, 1.807) is 12.3 Å². The molecule has 3 nitrogen and oxygen atoms in total. The van der Waals surface area contributed by atoms with Gasteiger partial charge in [0.1, 0.15) is 5.82 Å². The Morgan fingerprint density at radius 2 is 1.80 bits per heavy atom. The van der Waals surface area contributed by atoms with Gasteiger partial charge in [-0.3, -0.25) is 9.19 Å².